The zero-order valence-corrected chi connectivity index (χ0v) is 14.2. The number of nitrogens with one attached hydrogen (secondary N) is 2. The Hall–Kier alpha value is -2.03. The van der Waals surface area contributed by atoms with Crippen LogP contribution in [0.25, 0.3) is 0 Å². The van der Waals surface area contributed by atoms with E-state index in [1.165, 1.54) is 25.0 Å². The third kappa shape index (κ3) is 2.30. The number of hydrogen-bond donors (Lipinski definition) is 2. The molecule has 2 atom stereocenters. The Morgan fingerprint density at radius 1 is 1.30 bits per heavy atom. The van der Waals surface area contributed by atoms with Crippen molar-refractivity contribution in [3.8, 4) is 0 Å². The van der Waals surface area contributed by atoms with E-state index in [-0.39, 0.29) is 5.41 Å². The van der Waals surface area contributed by atoms with Crippen LogP contribution in [0, 0.1) is 5.41 Å². The molecule has 3 heteroatoms. The average Bonchev–Trinajstić information content (AvgIpc) is 2.92. The second-order valence-electron chi connectivity index (χ2n) is 7.71. The van der Waals surface area contributed by atoms with E-state index in [2.05, 4.69) is 53.9 Å². The van der Waals surface area contributed by atoms with Gasteiger partial charge in [-0.3, -0.25) is 0 Å². The predicted molar refractivity (Wildman–Crippen MR) is 94.8 cm³/mol. The van der Waals surface area contributed by atoms with Crippen molar-refractivity contribution in [1.82, 2.24) is 9.97 Å². The quantitative estimate of drug-likeness (QED) is 0.855. The topological polar surface area (TPSA) is 40.7 Å². The Kier molecular flexibility index (Phi) is 3.15. The summed E-state index contributed by atoms with van der Waals surface area (Å²) in [6.07, 6.45) is 5.79. The van der Waals surface area contributed by atoms with Gasteiger partial charge in [0.05, 0.1) is 6.20 Å². The number of rotatable bonds is 4. The number of anilines is 1. The fraction of sp³-hybridized carbons (Fsp3) is 0.450. The van der Waals surface area contributed by atoms with Gasteiger partial charge in [-0.2, -0.15) is 0 Å². The first-order valence-corrected chi connectivity index (χ1v) is 8.56. The number of hydrogen-bond acceptors (Lipinski definition) is 2. The lowest BCUT2D eigenvalue weighted by Crippen LogP contribution is -1.96. The van der Waals surface area contributed by atoms with Crippen LogP contribution in [0.3, 0.4) is 0 Å². The van der Waals surface area contributed by atoms with Gasteiger partial charge in [0, 0.05) is 17.3 Å². The monoisotopic (exact) mass is 307 g/mol. The number of fused-ring (bicyclic) bond motifs is 1. The van der Waals surface area contributed by atoms with E-state index in [4.69, 9.17) is 0 Å². The highest BCUT2D eigenvalue weighted by atomic mass is 15.1. The Labute approximate surface area is 138 Å². The first-order chi connectivity index (χ1) is 11.0. The van der Waals surface area contributed by atoms with Crippen LogP contribution in [0.5, 0.6) is 0 Å². The SMILES string of the molecule is C=C(C)Nc1ncc([C@@H]2[C@@H](c3cccc4c3CCC4)C2(C)C)[nH]1. The van der Waals surface area contributed by atoms with Crippen molar-refractivity contribution < 1.29 is 0 Å². The standard InChI is InChI=1S/C20H25N3/c1-12(2)22-19-21-11-16(23-19)18-17(20(18,3)4)15-10-6-8-13-7-5-9-14(13)15/h6,8,10-11,17-18H,1,5,7,9H2,2-4H3,(H2,21,22,23)/t17-,18-/m1/s1. The molecule has 0 radical (unpaired) electrons. The second kappa shape index (κ2) is 4.98. The maximum absolute atomic E-state index is 4.46. The van der Waals surface area contributed by atoms with Crippen molar-refractivity contribution in [3.63, 3.8) is 0 Å². The van der Waals surface area contributed by atoms with Crippen molar-refractivity contribution in [2.45, 2.75) is 51.9 Å². The molecule has 23 heavy (non-hydrogen) atoms. The number of imidazole rings is 1. The molecular formula is C20H25N3. The minimum absolute atomic E-state index is 0.282. The predicted octanol–water partition coefficient (Wildman–Crippen LogP) is 4.75. The van der Waals surface area contributed by atoms with Gasteiger partial charge in [0.15, 0.2) is 0 Å². The second-order valence-corrected chi connectivity index (χ2v) is 7.71. The van der Waals surface area contributed by atoms with Crippen molar-refractivity contribution >= 4 is 5.95 Å². The Morgan fingerprint density at radius 2 is 2.13 bits per heavy atom. The molecule has 2 N–H and O–H groups in total. The normalized spacial score (nSPS) is 24.3. The summed E-state index contributed by atoms with van der Waals surface area (Å²) in [5, 5.41) is 3.17. The van der Waals surface area contributed by atoms with Gasteiger partial charge in [-0.25, -0.2) is 4.98 Å². The van der Waals surface area contributed by atoms with Crippen LogP contribution >= 0.6 is 0 Å². The summed E-state index contributed by atoms with van der Waals surface area (Å²) < 4.78 is 0. The first kappa shape index (κ1) is 14.6. The van der Waals surface area contributed by atoms with Gasteiger partial charge in [0.25, 0.3) is 0 Å². The van der Waals surface area contributed by atoms with Crippen LogP contribution in [0.1, 0.15) is 61.4 Å². The maximum atomic E-state index is 4.46. The van der Waals surface area contributed by atoms with Crippen molar-refractivity contribution in [3.05, 3.63) is 59.1 Å². The summed E-state index contributed by atoms with van der Waals surface area (Å²) in [5.74, 6) is 1.91. The van der Waals surface area contributed by atoms with E-state index in [1.807, 2.05) is 13.1 Å². The molecule has 1 saturated carbocycles. The number of benzene rings is 1. The Bertz CT molecular complexity index is 769. The van der Waals surface area contributed by atoms with E-state index in [0.717, 1.165) is 11.6 Å². The number of nitrogens with zero attached hydrogens (tertiary/aromatic N) is 1. The van der Waals surface area contributed by atoms with Crippen molar-refractivity contribution in [2.75, 3.05) is 5.32 Å². The summed E-state index contributed by atoms with van der Waals surface area (Å²) in [6.45, 7) is 10.6. The third-order valence-corrected chi connectivity index (χ3v) is 5.61. The lowest BCUT2D eigenvalue weighted by molar-refractivity contribution is 0.597. The number of aromatic amines is 1. The van der Waals surface area contributed by atoms with Crippen LogP contribution in [-0.2, 0) is 12.8 Å². The molecule has 2 aliphatic rings. The third-order valence-electron chi connectivity index (χ3n) is 5.61. The van der Waals surface area contributed by atoms with Gasteiger partial charge in [0.1, 0.15) is 0 Å². The molecule has 0 saturated heterocycles. The van der Waals surface area contributed by atoms with Crippen LogP contribution in [0.15, 0.2) is 36.7 Å². The number of aryl methyl sites for hydroxylation is 1. The number of allylic oxidation sites excluding steroid dienone is 1. The van der Waals surface area contributed by atoms with Gasteiger partial charge < -0.3 is 10.3 Å². The lowest BCUT2D eigenvalue weighted by atomic mass is 9.96. The molecule has 0 amide bonds. The summed E-state index contributed by atoms with van der Waals surface area (Å²) in [5.41, 5.74) is 7.17. The van der Waals surface area contributed by atoms with Crippen molar-refractivity contribution in [1.29, 1.82) is 0 Å². The fourth-order valence-corrected chi connectivity index (χ4v) is 4.50. The molecule has 0 aliphatic heterocycles. The molecule has 0 unspecified atom stereocenters. The molecule has 1 fully saturated rings. The van der Waals surface area contributed by atoms with Gasteiger partial charge in [-0.05, 0) is 54.2 Å². The van der Waals surface area contributed by atoms with Gasteiger partial charge in [-0.1, -0.05) is 38.6 Å². The number of H-pyrrole nitrogens is 1. The zero-order valence-electron chi connectivity index (χ0n) is 14.2. The molecular weight excluding hydrogens is 282 g/mol. The molecule has 1 aromatic carbocycles. The minimum Gasteiger partial charge on any atom is -0.330 e. The van der Waals surface area contributed by atoms with E-state index in [9.17, 15) is 0 Å². The van der Waals surface area contributed by atoms with Gasteiger partial charge in [0.2, 0.25) is 5.95 Å². The zero-order chi connectivity index (χ0) is 16.2. The van der Waals surface area contributed by atoms with Crippen molar-refractivity contribution in [2.24, 2.45) is 5.41 Å². The van der Waals surface area contributed by atoms with Crippen LogP contribution in [0.2, 0.25) is 0 Å². The Balaban J connectivity index is 1.65. The molecule has 2 aliphatic carbocycles. The summed E-state index contributed by atoms with van der Waals surface area (Å²) >= 11 is 0. The highest BCUT2D eigenvalue weighted by Crippen LogP contribution is 2.70. The maximum Gasteiger partial charge on any atom is 0.204 e. The van der Waals surface area contributed by atoms with E-state index in [0.29, 0.717) is 11.8 Å². The molecule has 1 heterocycles. The molecule has 4 rings (SSSR count). The van der Waals surface area contributed by atoms with Crippen LogP contribution < -0.4 is 5.32 Å². The summed E-state index contributed by atoms with van der Waals surface area (Å²) in [4.78, 5) is 7.90. The van der Waals surface area contributed by atoms with E-state index >= 15 is 0 Å². The average molecular weight is 307 g/mol. The highest BCUT2D eigenvalue weighted by molar-refractivity contribution is 5.49. The lowest BCUT2D eigenvalue weighted by Gasteiger charge is -2.09. The number of aromatic nitrogens is 2. The molecule has 0 spiro atoms. The molecule has 1 aromatic heterocycles. The Morgan fingerprint density at radius 3 is 2.91 bits per heavy atom. The van der Waals surface area contributed by atoms with Gasteiger partial charge >= 0.3 is 0 Å². The molecule has 120 valence electrons. The largest absolute Gasteiger partial charge is 0.330 e. The smallest absolute Gasteiger partial charge is 0.204 e. The molecule has 3 nitrogen and oxygen atoms in total. The highest BCUT2D eigenvalue weighted by Gasteiger charge is 2.60. The van der Waals surface area contributed by atoms with E-state index < -0.39 is 0 Å². The first-order valence-electron chi connectivity index (χ1n) is 8.56. The van der Waals surface area contributed by atoms with E-state index in [1.54, 1.807) is 16.7 Å². The summed E-state index contributed by atoms with van der Waals surface area (Å²) in [7, 11) is 0. The molecule has 0 bridgehead atoms. The minimum atomic E-state index is 0.282. The van der Waals surface area contributed by atoms with Crippen LogP contribution in [-0.4, -0.2) is 9.97 Å². The summed E-state index contributed by atoms with van der Waals surface area (Å²) in [6, 6.07) is 6.90. The van der Waals surface area contributed by atoms with Gasteiger partial charge in [-0.15, -0.1) is 0 Å². The fourth-order valence-electron chi connectivity index (χ4n) is 4.50. The molecule has 2 aromatic rings. The van der Waals surface area contributed by atoms with Crippen LogP contribution in [0.4, 0.5) is 5.95 Å².